The summed E-state index contributed by atoms with van der Waals surface area (Å²) >= 11 is 0. The molecule has 0 bridgehead atoms. The standard InChI is InChI=1S/C13H24N4O/c1-4-17-11(7-9(2)16-17)8-12(15-14)13-6-5-10(3)18-13/h7,10,12-13,15H,4-6,8,14H2,1-3H3. The van der Waals surface area contributed by atoms with E-state index in [2.05, 4.69) is 30.4 Å². The van der Waals surface area contributed by atoms with E-state index in [4.69, 9.17) is 10.6 Å². The van der Waals surface area contributed by atoms with Gasteiger partial charge >= 0.3 is 0 Å². The summed E-state index contributed by atoms with van der Waals surface area (Å²) in [6, 6.07) is 2.29. The summed E-state index contributed by atoms with van der Waals surface area (Å²) < 4.78 is 7.93. The quantitative estimate of drug-likeness (QED) is 0.609. The Bertz CT molecular complexity index is 390. The van der Waals surface area contributed by atoms with E-state index < -0.39 is 0 Å². The van der Waals surface area contributed by atoms with E-state index in [0.29, 0.717) is 6.10 Å². The normalized spacial score (nSPS) is 25.6. The molecule has 1 aliphatic rings. The van der Waals surface area contributed by atoms with Crippen molar-refractivity contribution < 1.29 is 4.74 Å². The van der Waals surface area contributed by atoms with Gasteiger partial charge in [0.25, 0.3) is 0 Å². The van der Waals surface area contributed by atoms with E-state index in [1.165, 1.54) is 5.69 Å². The molecule has 0 saturated carbocycles. The van der Waals surface area contributed by atoms with Crippen molar-refractivity contribution in [3.05, 3.63) is 17.5 Å². The van der Waals surface area contributed by atoms with Crippen molar-refractivity contribution >= 4 is 0 Å². The Morgan fingerprint density at radius 1 is 1.61 bits per heavy atom. The van der Waals surface area contributed by atoms with Gasteiger partial charge in [0, 0.05) is 18.7 Å². The Morgan fingerprint density at radius 3 is 2.94 bits per heavy atom. The second kappa shape index (κ2) is 5.82. The number of hydrazine groups is 1. The first-order chi connectivity index (χ1) is 8.63. The van der Waals surface area contributed by atoms with Crippen LogP contribution in [-0.2, 0) is 17.7 Å². The van der Waals surface area contributed by atoms with Crippen LogP contribution in [0, 0.1) is 6.92 Å². The molecule has 0 aliphatic carbocycles. The van der Waals surface area contributed by atoms with E-state index >= 15 is 0 Å². The summed E-state index contributed by atoms with van der Waals surface area (Å²) in [4.78, 5) is 0. The van der Waals surface area contributed by atoms with Crippen LogP contribution in [-0.4, -0.2) is 28.0 Å². The molecular weight excluding hydrogens is 228 g/mol. The zero-order valence-corrected chi connectivity index (χ0v) is 11.5. The van der Waals surface area contributed by atoms with Crippen LogP contribution in [0.2, 0.25) is 0 Å². The highest BCUT2D eigenvalue weighted by atomic mass is 16.5. The predicted octanol–water partition coefficient (Wildman–Crippen LogP) is 1.15. The Labute approximate surface area is 109 Å². The molecule has 1 fully saturated rings. The molecule has 2 rings (SSSR count). The molecule has 3 unspecified atom stereocenters. The van der Waals surface area contributed by atoms with Crippen LogP contribution >= 0.6 is 0 Å². The molecular formula is C13H24N4O. The van der Waals surface area contributed by atoms with Crippen LogP contribution in [0.1, 0.15) is 38.1 Å². The van der Waals surface area contributed by atoms with E-state index in [9.17, 15) is 0 Å². The topological polar surface area (TPSA) is 65.1 Å². The van der Waals surface area contributed by atoms with E-state index in [-0.39, 0.29) is 12.1 Å². The number of nitrogens with zero attached hydrogens (tertiary/aromatic N) is 2. The largest absolute Gasteiger partial charge is 0.374 e. The third-order valence-electron chi connectivity index (χ3n) is 3.64. The molecule has 1 aliphatic heterocycles. The van der Waals surface area contributed by atoms with Gasteiger partial charge in [-0.1, -0.05) is 0 Å². The minimum absolute atomic E-state index is 0.163. The van der Waals surface area contributed by atoms with Crippen molar-refractivity contribution in [1.82, 2.24) is 15.2 Å². The van der Waals surface area contributed by atoms with Gasteiger partial charge in [0.05, 0.1) is 23.9 Å². The number of hydrogen-bond donors (Lipinski definition) is 2. The van der Waals surface area contributed by atoms with Gasteiger partial charge in [-0.05, 0) is 39.7 Å². The summed E-state index contributed by atoms with van der Waals surface area (Å²) in [6.45, 7) is 7.14. The number of nitrogens with two attached hydrogens (primary N) is 1. The summed E-state index contributed by atoms with van der Waals surface area (Å²) in [7, 11) is 0. The highest BCUT2D eigenvalue weighted by Gasteiger charge is 2.29. The Morgan fingerprint density at radius 2 is 2.39 bits per heavy atom. The lowest BCUT2D eigenvalue weighted by Gasteiger charge is -2.23. The molecule has 2 heterocycles. The van der Waals surface area contributed by atoms with Crippen LogP contribution < -0.4 is 11.3 Å². The van der Waals surface area contributed by atoms with Crippen molar-refractivity contribution in [3.63, 3.8) is 0 Å². The molecule has 1 saturated heterocycles. The molecule has 0 spiro atoms. The average Bonchev–Trinajstić information content (AvgIpc) is 2.92. The molecule has 1 aromatic rings. The number of aromatic nitrogens is 2. The molecule has 1 aromatic heterocycles. The zero-order chi connectivity index (χ0) is 13.1. The predicted molar refractivity (Wildman–Crippen MR) is 71.0 cm³/mol. The fraction of sp³-hybridized carbons (Fsp3) is 0.769. The average molecular weight is 252 g/mol. The van der Waals surface area contributed by atoms with Gasteiger partial charge in [0.15, 0.2) is 0 Å². The van der Waals surface area contributed by atoms with E-state index in [1.807, 2.05) is 11.6 Å². The highest BCUT2D eigenvalue weighted by Crippen LogP contribution is 2.23. The number of rotatable bonds is 5. The monoisotopic (exact) mass is 252 g/mol. The van der Waals surface area contributed by atoms with E-state index in [0.717, 1.165) is 31.5 Å². The first-order valence-electron chi connectivity index (χ1n) is 6.79. The number of nitrogens with one attached hydrogen (secondary N) is 1. The van der Waals surface area contributed by atoms with E-state index in [1.54, 1.807) is 0 Å². The van der Waals surface area contributed by atoms with Gasteiger partial charge in [-0.3, -0.25) is 16.0 Å². The molecule has 0 radical (unpaired) electrons. The maximum atomic E-state index is 5.89. The third-order valence-corrected chi connectivity index (χ3v) is 3.64. The molecule has 0 amide bonds. The van der Waals surface area contributed by atoms with Crippen molar-refractivity contribution in [2.45, 2.75) is 64.8 Å². The fourth-order valence-electron chi connectivity index (χ4n) is 2.69. The molecule has 3 atom stereocenters. The van der Waals surface area contributed by atoms with Crippen LogP contribution in [0.4, 0.5) is 0 Å². The summed E-state index contributed by atoms with van der Waals surface area (Å²) in [5.74, 6) is 5.68. The summed E-state index contributed by atoms with van der Waals surface area (Å²) in [5, 5.41) is 4.47. The van der Waals surface area contributed by atoms with Crippen LogP contribution in [0.5, 0.6) is 0 Å². The minimum atomic E-state index is 0.163. The van der Waals surface area contributed by atoms with Gasteiger partial charge < -0.3 is 4.74 Å². The Kier molecular flexibility index (Phi) is 4.37. The molecule has 18 heavy (non-hydrogen) atoms. The lowest BCUT2D eigenvalue weighted by Crippen LogP contribution is -2.45. The second-order valence-electron chi connectivity index (χ2n) is 5.13. The number of hydrogen-bond acceptors (Lipinski definition) is 4. The smallest absolute Gasteiger partial charge is 0.0749 e. The molecule has 5 heteroatoms. The van der Waals surface area contributed by atoms with Crippen LogP contribution in [0.25, 0.3) is 0 Å². The van der Waals surface area contributed by atoms with Crippen LogP contribution in [0.3, 0.4) is 0 Å². The van der Waals surface area contributed by atoms with Crippen molar-refractivity contribution in [3.8, 4) is 0 Å². The fourth-order valence-corrected chi connectivity index (χ4v) is 2.69. The van der Waals surface area contributed by atoms with Crippen molar-refractivity contribution in [2.24, 2.45) is 5.84 Å². The second-order valence-corrected chi connectivity index (χ2v) is 5.13. The zero-order valence-electron chi connectivity index (χ0n) is 11.5. The lowest BCUT2D eigenvalue weighted by molar-refractivity contribution is 0.0316. The summed E-state index contributed by atoms with van der Waals surface area (Å²) in [6.07, 6.45) is 3.63. The maximum Gasteiger partial charge on any atom is 0.0749 e. The Hall–Kier alpha value is -0.910. The van der Waals surface area contributed by atoms with Gasteiger partial charge in [-0.25, -0.2) is 0 Å². The Balaban J connectivity index is 2.05. The van der Waals surface area contributed by atoms with Crippen molar-refractivity contribution in [2.75, 3.05) is 0 Å². The van der Waals surface area contributed by atoms with Gasteiger partial charge in [-0.15, -0.1) is 0 Å². The first-order valence-corrected chi connectivity index (χ1v) is 6.79. The van der Waals surface area contributed by atoms with Crippen molar-refractivity contribution in [1.29, 1.82) is 0 Å². The maximum absolute atomic E-state index is 5.89. The van der Waals surface area contributed by atoms with Gasteiger partial charge in [0.2, 0.25) is 0 Å². The van der Waals surface area contributed by atoms with Gasteiger partial charge in [-0.2, -0.15) is 5.10 Å². The number of ether oxygens (including phenoxy) is 1. The molecule has 3 N–H and O–H groups in total. The number of aryl methyl sites for hydroxylation is 2. The molecule has 102 valence electrons. The molecule has 5 nitrogen and oxygen atoms in total. The van der Waals surface area contributed by atoms with Gasteiger partial charge in [0.1, 0.15) is 0 Å². The minimum Gasteiger partial charge on any atom is -0.374 e. The summed E-state index contributed by atoms with van der Waals surface area (Å²) in [5.41, 5.74) is 5.19. The lowest BCUT2D eigenvalue weighted by atomic mass is 10.0. The molecule has 0 aromatic carbocycles. The highest BCUT2D eigenvalue weighted by molar-refractivity contribution is 5.11. The SMILES string of the molecule is CCn1nc(C)cc1CC(NN)C1CCC(C)O1. The first kappa shape index (κ1) is 13.5. The third kappa shape index (κ3) is 2.91. The van der Waals surface area contributed by atoms with Crippen LogP contribution in [0.15, 0.2) is 6.07 Å².